The number of rotatable bonds is 4. The number of hydrogen-bond donors (Lipinski definition) is 1. The summed E-state index contributed by atoms with van der Waals surface area (Å²) in [7, 11) is -7.89. The Morgan fingerprint density at radius 3 is 2.41 bits per heavy atom. The number of para-hydroxylation sites is 1. The lowest BCUT2D eigenvalue weighted by molar-refractivity contribution is -0.119. The number of amides is 1. The van der Waals surface area contributed by atoms with E-state index in [0.29, 0.717) is 4.31 Å². The van der Waals surface area contributed by atoms with Crippen LogP contribution in [-0.2, 0) is 24.8 Å². The summed E-state index contributed by atoms with van der Waals surface area (Å²) in [5, 5.41) is 0. The average Bonchev–Trinajstić information content (AvgIpc) is 2.76. The van der Waals surface area contributed by atoms with Gasteiger partial charge in [-0.25, -0.2) is 25.5 Å². The van der Waals surface area contributed by atoms with Gasteiger partial charge in [0, 0.05) is 0 Å². The number of aryl methyl sites for hydroxylation is 1. The molecule has 0 spiro atoms. The summed E-state index contributed by atoms with van der Waals surface area (Å²) in [5.41, 5.74) is 0.0951. The second-order valence-electron chi connectivity index (χ2n) is 6.32. The van der Waals surface area contributed by atoms with Crippen LogP contribution in [0.25, 0.3) is 0 Å². The van der Waals surface area contributed by atoms with E-state index in [1.165, 1.54) is 50.2 Å². The van der Waals surface area contributed by atoms with Crippen molar-refractivity contribution in [2.45, 2.75) is 18.7 Å². The van der Waals surface area contributed by atoms with Gasteiger partial charge in [-0.15, -0.1) is 0 Å². The molecule has 1 saturated heterocycles. The molecular formula is C17H17FN2O5S2. The molecule has 3 rings (SSSR count). The van der Waals surface area contributed by atoms with Gasteiger partial charge in [0.05, 0.1) is 27.9 Å². The molecule has 10 heteroatoms. The van der Waals surface area contributed by atoms with Crippen LogP contribution in [0.1, 0.15) is 12.5 Å². The molecular weight excluding hydrogens is 395 g/mol. The van der Waals surface area contributed by atoms with Crippen LogP contribution < -0.4 is 9.03 Å². The molecule has 1 amide bonds. The lowest BCUT2D eigenvalue weighted by atomic mass is 10.2. The minimum atomic E-state index is -4.10. The van der Waals surface area contributed by atoms with Crippen LogP contribution in [0.2, 0.25) is 0 Å². The van der Waals surface area contributed by atoms with Crippen LogP contribution in [0.3, 0.4) is 0 Å². The lowest BCUT2D eigenvalue weighted by Crippen LogP contribution is -2.30. The van der Waals surface area contributed by atoms with Crippen molar-refractivity contribution in [3.05, 3.63) is 53.8 Å². The quantitative estimate of drug-likeness (QED) is 0.830. The van der Waals surface area contributed by atoms with E-state index >= 15 is 0 Å². The van der Waals surface area contributed by atoms with Crippen LogP contribution in [-0.4, -0.2) is 28.5 Å². The average molecular weight is 412 g/mol. The van der Waals surface area contributed by atoms with E-state index in [-0.39, 0.29) is 27.6 Å². The summed E-state index contributed by atoms with van der Waals surface area (Å²) in [6, 6.07) is 9.08. The van der Waals surface area contributed by atoms with Gasteiger partial charge in [0.25, 0.3) is 10.0 Å². The van der Waals surface area contributed by atoms with Crippen molar-refractivity contribution in [2.24, 2.45) is 5.92 Å². The smallest absolute Gasteiger partial charge is 0.262 e. The first-order valence-electron chi connectivity index (χ1n) is 7.98. The molecule has 0 radical (unpaired) electrons. The molecule has 144 valence electrons. The lowest BCUT2D eigenvalue weighted by Gasteiger charge is -2.17. The van der Waals surface area contributed by atoms with E-state index in [0.717, 1.165) is 6.07 Å². The van der Waals surface area contributed by atoms with E-state index in [2.05, 4.69) is 4.72 Å². The third-order valence-corrected chi connectivity index (χ3v) is 7.56. The highest BCUT2D eigenvalue weighted by Gasteiger charge is 2.42. The molecule has 1 N–H and O–H groups in total. The zero-order valence-corrected chi connectivity index (χ0v) is 16.1. The molecule has 0 bridgehead atoms. The van der Waals surface area contributed by atoms with Crippen LogP contribution in [0.5, 0.6) is 0 Å². The first-order valence-corrected chi connectivity index (χ1v) is 11.1. The summed E-state index contributed by atoms with van der Waals surface area (Å²) in [6.07, 6.45) is 0. The number of hydrogen-bond acceptors (Lipinski definition) is 5. The second kappa shape index (κ2) is 6.61. The Morgan fingerprint density at radius 1 is 1.19 bits per heavy atom. The highest BCUT2D eigenvalue weighted by atomic mass is 32.2. The Kier molecular flexibility index (Phi) is 4.73. The molecule has 27 heavy (non-hydrogen) atoms. The summed E-state index contributed by atoms with van der Waals surface area (Å²) < 4.78 is 66.1. The molecule has 0 aliphatic carbocycles. The molecule has 1 heterocycles. The van der Waals surface area contributed by atoms with Gasteiger partial charge in [0.15, 0.2) is 0 Å². The first-order chi connectivity index (χ1) is 12.5. The molecule has 2 aromatic rings. The number of sulfonamides is 2. The van der Waals surface area contributed by atoms with Crippen LogP contribution in [0, 0.1) is 18.7 Å². The summed E-state index contributed by atoms with van der Waals surface area (Å²) >= 11 is 0. The maximum absolute atomic E-state index is 13.7. The van der Waals surface area contributed by atoms with Crippen molar-refractivity contribution in [2.75, 3.05) is 14.8 Å². The maximum atomic E-state index is 13.7. The van der Waals surface area contributed by atoms with Crippen molar-refractivity contribution in [3.63, 3.8) is 0 Å². The van der Waals surface area contributed by atoms with E-state index in [1.54, 1.807) is 0 Å². The largest absolute Gasteiger partial charge is 0.277 e. The zero-order chi connectivity index (χ0) is 20.0. The normalized spacial score (nSPS) is 19.3. The summed E-state index contributed by atoms with van der Waals surface area (Å²) in [5.74, 6) is -2.24. The molecule has 2 aromatic carbocycles. The number of carbonyl (C=O) groups is 1. The monoisotopic (exact) mass is 412 g/mol. The van der Waals surface area contributed by atoms with Crippen molar-refractivity contribution < 1.29 is 26.0 Å². The van der Waals surface area contributed by atoms with Crippen molar-refractivity contribution >= 4 is 37.3 Å². The minimum absolute atomic E-state index is 0.0756. The standard InChI is InChI=1S/C17H17FN2O5S2/c1-11-9-13(20-17(21)12(2)10-26(20,22)23)7-8-16(11)27(24,25)19-15-6-4-3-5-14(15)18/h3-9,12,19H,10H2,1-2H3. The van der Waals surface area contributed by atoms with Crippen molar-refractivity contribution in [1.82, 2.24) is 0 Å². The molecule has 1 aliphatic heterocycles. The Bertz CT molecular complexity index is 1130. The minimum Gasteiger partial charge on any atom is -0.277 e. The van der Waals surface area contributed by atoms with Gasteiger partial charge in [0.1, 0.15) is 5.82 Å². The fourth-order valence-electron chi connectivity index (χ4n) is 2.89. The molecule has 7 nitrogen and oxygen atoms in total. The molecule has 1 atom stereocenters. The fraction of sp³-hybridized carbons (Fsp3) is 0.235. The van der Waals surface area contributed by atoms with Gasteiger partial charge < -0.3 is 0 Å². The number of benzene rings is 2. The number of anilines is 2. The number of nitrogens with one attached hydrogen (secondary N) is 1. The van der Waals surface area contributed by atoms with Gasteiger partial charge >= 0.3 is 0 Å². The van der Waals surface area contributed by atoms with E-state index in [4.69, 9.17) is 0 Å². The number of carbonyl (C=O) groups excluding carboxylic acids is 1. The molecule has 0 saturated carbocycles. The predicted molar refractivity (Wildman–Crippen MR) is 98.8 cm³/mol. The Morgan fingerprint density at radius 2 is 1.85 bits per heavy atom. The Labute approximate surface area is 156 Å². The van der Waals surface area contributed by atoms with Gasteiger partial charge in [-0.2, -0.15) is 0 Å². The third kappa shape index (κ3) is 3.54. The van der Waals surface area contributed by atoms with Crippen molar-refractivity contribution in [3.8, 4) is 0 Å². The molecule has 1 fully saturated rings. The van der Waals surface area contributed by atoms with E-state index in [9.17, 15) is 26.0 Å². The fourth-order valence-corrected chi connectivity index (χ4v) is 6.00. The third-order valence-electron chi connectivity index (χ3n) is 4.16. The van der Waals surface area contributed by atoms with Crippen molar-refractivity contribution in [1.29, 1.82) is 0 Å². The van der Waals surface area contributed by atoms with Gasteiger partial charge in [-0.3, -0.25) is 9.52 Å². The summed E-state index contributed by atoms with van der Waals surface area (Å²) in [4.78, 5) is 12.0. The highest BCUT2D eigenvalue weighted by Crippen LogP contribution is 2.31. The topological polar surface area (TPSA) is 101 Å². The van der Waals surface area contributed by atoms with Gasteiger partial charge in [-0.1, -0.05) is 19.1 Å². The Balaban J connectivity index is 1.98. The number of halogens is 1. The SMILES string of the molecule is Cc1cc(N2C(=O)C(C)CS2(=O)=O)ccc1S(=O)(=O)Nc1ccccc1F. The molecule has 1 aliphatic rings. The summed E-state index contributed by atoms with van der Waals surface area (Å²) in [6.45, 7) is 2.99. The van der Waals surface area contributed by atoms with E-state index < -0.39 is 37.7 Å². The van der Waals surface area contributed by atoms with Crippen LogP contribution in [0.15, 0.2) is 47.4 Å². The van der Waals surface area contributed by atoms with Gasteiger partial charge in [-0.05, 0) is 42.8 Å². The highest BCUT2D eigenvalue weighted by molar-refractivity contribution is 7.94. The first kappa shape index (κ1) is 19.3. The predicted octanol–water partition coefficient (Wildman–Crippen LogP) is 2.25. The number of nitrogens with zero attached hydrogens (tertiary/aromatic N) is 1. The van der Waals surface area contributed by atoms with Gasteiger partial charge in [0.2, 0.25) is 15.9 Å². The van der Waals surface area contributed by atoms with Crippen LogP contribution >= 0.6 is 0 Å². The molecule has 1 unspecified atom stereocenters. The van der Waals surface area contributed by atoms with E-state index in [1.807, 2.05) is 0 Å². The van der Waals surface area contributed by atoms with Crippen LogP contribution in [0.4, 0.5) is 15.8 Å². The second-order valence-corrected chi connectivity index (χ2v) is 9.83. The Hall–Kier alpha value is -2.46. The molecule has 0 aromatic heterocycles. The maximum Gasteiger partial charge on any atom is 0.262 e. The zero-order valence-electron chi connectivity index (χ0n) is 14.5.